The summed E-state index contributed by atoms with van der Waals surface area (Å²) in [4.78, 5) is 11.4. The normalized spacial score (nSPS) is 26.1. The summed E-state index contributed by atoms with van der Waals surface area (Å²) in [5.41, 5.74) is 0.457. The summed E-state index contributed by atoms with van der Waals surface area (Å²) in [6.07, 6.45) is 9.43. The summed E-state index contributed by atoms with van der Waals surface area (Å²) in [5, 5.41) is 3.08. The highest BCUT2D eigenvalue weighted by Crippen LogP contribution is 2.40. The first kappa shape index (κ1) is 14.3. The van der Waals surface area contributed by atoms with E-state index in [0.717, 1.165) is 18.8 Å². The van der Waals surface area contributed by atoms with Crippen molar-refractivity contribution in [3.63, 3.8) is 0 Å². The molecule has 0 aromatic rings. The molecule has 2 nitrogen and oxygen atoms in total. The third kappa shape index (κ3) is 4.18. The highest BCUT2D eigenvalue weighted by molar-refractivity contribution is 5.87. The van der Waals surface area contributed by atoms with Crippen molar-refractivity contribution in [3.05, 3.63) is 12.2 Å². The standard InChI is InChI=1S/C15H27NO/c1-5-7-14(17)16-13-10-8-12(9-11-13)15(3,4)6-2/h5,7,12-13H,6,8-11H2,1-4H3,(H,16,17). The average molecular weight is 237 g/mol. The molecule has 0 radical (unpaired) electrons. The number of rotatable bonds is 4. The number of carbonyl (C=O) groups excluding carboxylic acids is 1. The number of amides is 1. The Morgan fingerprint density at radius 1 is 1.29 bits per heavy atom. The number of nitrogens with one attached hydrogen (secondary N) is 1. The van der Waals surface area contributed by atoms with Crippen LogP contribution in [0.3, 0.4) is 0 Å². The Bertz CT molecular complexity index is 273. The van der Waals surface area contributed by atoms with Gasteiger partial charge in [0.1, 0.15) is 0 Å². The number of hydrogen-bond acceptors (Lipinski definition) is 1. The fraction of sp³-hybridized carbons (Fsp3) is 0.800. The predicted molar refractivity (Wildman–Crippen MR) is 72.8 cm³/mol. The summed E-state index contributed by atoms with van der Waals surface area (Å²) in [6.45, 7) is 8.90. The van der Waals surface area contributed by atoms with Gasteiger partial charge in [-0.25, -0.2) is 0 Å². The summed E-state index contributed by atoms with van der Waals surface area (Å²) in [7, 11) is 0. The zero-order valence-corrected chi connectivity index (χ0v) is 11.8. The second-order valence-corrected chi connectivity index (χ2v) is 5.90. The van der Waals surface area contributed by atoms with E-state index in [-0.39, 0.29) is 5.91 Å². The molecule has 0 aliphatic heterocycles. The first-order chi connectivity index (χ1) is 7.99. The van der Waals surface area contributed by atoms with Crippen LogP contribution in [0.4, 0.5) is 0 Å². The molecule has 0 unspecified atom stereocenters. The van der Waals surface area contributed by atoms with Crippen molar-refractivity contribution < 1.29 is 4.79 Å². The molecule has 1 aliphatic rings. The smallest absolute Gasteiger partial charge is 0.243 e. The van der Waals surface area contributed by atoms with Crippen LogP contribution in [0.25, 0.3) is 0 Å². The van der Waals surface area contributed by atoms with Gasteiger partial charge in [-0.15, -0.1) is 0 Å². The molecule has 0 aromatic carbocycles. The molecular weight excluding hydrogens is 210 g/mol. The van der Waals surface area contributed by atoms with Gasteiger partial charge in [0.15, 0.2) is 0 Å². The largest absolute Gasteiger partial charge is 0.350 e. The van der Waals surface area contributed by atoms with Crippen LogP contribution < -0.4 is 5.32 Å². The van der Waals surface area contributed by atoms with Gasteiger partial charge in [-0.1, -0.05) is 33.3 Å². The maximum atomic E-state index is 11.4. The Morgan fingerprint density at radius 3 is 2.35 bits per heavy atom. The minimum absolute atomic E-state index is 0.0608. The van der Waals surface area contributed by atoms with Crippen molar-refractivity contribution in [2.75, 3.05) is 0 Å². The highest BCUT2D eigenvalue weighted by Gasteiger charge is 2.31. The van der Waals surface area contributed by atoms with Crippen molar-refractivity contribution in [1.29, 1.82) is 0 Å². The van der Waals surface area contributed by atoms with Gasteiger partial charge in [0.2, 0.25) is 5.91 Å². The van der Waals surface area contributed by atoms with Crippen molar-refractivity contribution >= 4 is 5.91 Å². The van der Waals surface area contributed by atoms with Crippen LogP contribution in [0.15, 0.2) is 12.2 Å². The Balaban J connectivity index is 2.38. The molecular formula is C15H27NO. The third-order valence-electron chi connectivity index (χ3n) is 4.41. The second kappa shape index (κ2) is 6.23. The fourth-order valence-corrected chi connectivity index (χ4v) is 2.71. The predicted octanol–water partition coefficient (Wildman–Crippen LogP) is 3.67. The van der Waals surface area contributed by atoms with E-state index in [2.05, 4.69) is 26.1 Å². The maximum absolute atomic E-state index is 11.4. The zero-order valence-electron chi connectivity index (χ0n) is 11.8. The van der Waals surface area contributed by atoms with E-state index in [1.54, 1.807) is 12.2 Å². The lowest BCUT2D eigenvalue weighted by Gasteiger charge is -2.39. The van der Waals surface area contributed by atoms with Crippen LogP contribution in [-0.4, -0.2) is 11.9 Å². The van der Waals surface area contributed by atoms with Gasteiger partial charge in [0, 0.05) is 6.04 Å². The lowest BCUT2D eigenvalue weighted by molar-refractivity contribution is -0.117. The molecule has 17 heavy (non-hydrogen) atoms. The monoisotopic (exact) mass is 237 g/mol. The quantitative estimate of drug-likeness (QED) is 0.743. The molecule has 1 aliphatic carbocycles. The van der Waals surface area contributed by atoms with Gasteiger partial charge in [-0.2, -0.15) is 0 Å². The Labute approximate surface area is 106 Å². The van der Waals surface area contributed by atoms with Crippen LogP contribution in [0, 0.1) is 11.3 Å². The van der Waals surface area contributed by atoms with Crippen molar-refractivity contribution in [2.45, 2.75) is 65.8 Å². The van der Waals surface area contributed by atoms with Gasteiger partial charge in [-0.3, -0.25) is 4.79 Å². The molecule has 98 valence electrons. The van der Waals surface area contributed by atoms with E-state index in [1.165, 1.54) is 19.3 Å². The molecule has 1 fully saturated rings. The van der Waals surface area contributed by atoms with Crippen LogP contribution in [0.5, 0.6) is 0 Å². The van der Waals surface area contributed by atoms with Gasteiger partial charge in [-0.05, 0) is 50.0 Å². The molecule has 1 rings (SSSR count). The summed E-state index contributed by atoms with van der Waals surface area (Å²) in [6, 6.07) is 0.391. The molecule has 0 saturated heterocycles. The number of hydrogen-bond donors (Lipinski definition) is 1. The van der Waals surface area contributed by atoms with Crippen molar-refractivity contribution in [1.82, 2.24) is 5.32 Å². The summed E-state index contributed by atoms with van der Waals surface area (Å²) in [5.74, 6) is 0.882. The van der Waals surface area contributed by atoms with E-state index < -0.39 is 0 Å². The lowest BCUT2D eigenvalue weighted by atomic mass is 9.69. The molecule has 0 heterocycles. The Kier molecular flexibility index (Phi) is 5.23. The van der Waals surface area contributed by atoms with Gasteiger partial charge >= 0.3 is 0 Å². The Morgan fingerprint density at radius 2 is 1.88 bits per heavy atom. The lowest BCUT2D eigenvalue weighted by Crippen LogP contribution is -2.39. The van der Waals surface area contributed by atoms with E-state index in [4.69, 9.17) is 0 Å². The second-order valence-electron chi connectivity index (χ2n) is 5.90. The molecule has 1 saturated carbocycles. The number of allylic oxidation sites excluding steroid dienone is 1. The van der Waals surface area contributed by atoms with E-state index in [1.807, 2.05) is 6.92 Å². The molecule has 0 spiro atoms. The van der Waals surface area contributed by atoms with Crippen LogP contribution in [0.1, 0.15) is 59.8 Å². The molecule has 1 N–H and O–H groups in total. The van der Waals surface area contributed by atoms with Crippen molar-refractivity contribution in [2.24, 2.45) is 11.3 Å². The van der Waals surface area contributed by atoms with Crippen LogP contribution >= 0.6 is 0 Å². The SMILES string of the molecule is CC=CC(=O)NC1CCC(C(C)(C)CC)CC1. The minimum atomic E-state index is 0.0608. The van der Waals surface area contributed by atoms with Gasteiger partial charge in [0.25, 0.3) is 0 Å². The Hall–Kier alpha value is -0.790. The third-order valence-corrected chi connectivity index (χ3v) is 4.41. The van der Waals surface area contributed by atoms with Gasteiger partial charge in [0.05, 0.1) is 0 Å². The molecule has 1 amide bonds. The van der Waals surface area contributed by atoms with E-state index >= 15 is 0 Å². The highest BCUT2D eigenvalue weighted by atomic mass is 16.1. The first-order valence-electron chi connectivity index (χ1n) is 6.92. The summed E-state index contributed by atoms with van der Waals surface area (Å²) >= 11 is 0. The van der Waals surface area contributed by atoms with Crippen LogP contribution in [0.2, 0.25) is 0 Å². The first-order valence-corrected chi connectivity index (χ1v) is 6.92. The minimum Gasteiger partial charge on any atom is -0.350 e. The molecule has 0 aromatic heterocycles. The maximum Gasteiger partial charge on any atom is 0.243 e. The van der Waals surface area contributed by atoms with E-state index in [9.17, 15) is 4.79 Å². The topological polar surface area (TPSA) is 29.1 Å². The zero-order chi connectivity index (χ0) is 12.9. The van der Waals surface area contributed by atoms with Gasteiger partial charge < -0.3 is 5.32 Å². The fourth-order valence-electron chi connectivity index (χ4n) is 2.71. The molecule has 0 atom stereocenters. The number of carbonyl (C=O) groups is 1. The average Bonchev–Trinajstić information content (AvgIpc) is 2.30. The molecule has 2 heteroatoms. The van der Waals surface area contributed by atoms with Crippen molar-refractivity contribution in [3.8, 4) is 0 Å². The summed E-state index contributed by atoms with van der Waals surface area (Å²) < 4.78 is 0. The van der Waals surface area contributed by atoms with E-state index in [0.29, 0.717) is 11.5 Å². The van der Waals surface area contributed by atoms with Crippen LogP contribution in [-0.2, 0) is 4.79 Å². The molecule has 0 bridgehead atoms.